The van der Waals surface area contributed by atoms with Crippen LogP contribution in [0.25, 0.3) is 0 Å². The van der Waals surface area contributed by atoms with Crippen molar-refractivity contribution in [2.75, 3.05) is 46.2 Å². The molecule has 0 radical (unpaired) electrons. The Kier molecular flexibility index (Phi) is 14.7. The van der Waals surface area contributed by atoms with Crippen LogP contribution < -0.4 is 0 Å². The van der Waals surface area contributed by atoms with Gasteiger partial charge in [-0.3, -0.25) is 0 Å². The van der Waals surface area contributed by atoms with Gasteiger partial charge in [0.1, 0.15) is 0 Å². The molecule has 4 nitrogen and oxygen atoms in total. The van der Waals surface area contributed by atoms with Gasteiger partial charge in [0.15, 0.2) is 8.32 Å². The van der Waals surface area contributed by atoms with Crippen molar-refractivity contribution in [3.05, 3.63) is 38.0 Å². The highest BCUT2D eigenvalue weighted by molar-refractivity contribution is 6.74. The fourth-order valence-electron chi connectivity index (χ4n) is 2.17. The third kappa shape index (κ3) is 10.9. The molecular formula is C17H32O4Si. The van der Waals surface area contributed by atoms with Crippen molar-refractivity contribution in [2.45, 2.75) is 25.1 Å². The summed E-state index contributed by atoms with van der Waals surface area (Å²) in [5.74, 6) is 0. The van der Waals surface area contributed by atoms with Crippen LogP contribution in [0, 0.1) is 0 Å². The lowest BCUT2D eigenvalue weighted by Crippen LogP contribution is -2.42. The molecule has 0 rings (SSSR count). The lowest BCUT2D eigenvalue weighted by atomic mass is 10.7. The Morgan fingerprint density at radius 2 is 1.09 bits per heavy atom. The summed E-state index contributed by atoms with van der Waals surface area (Å²) in [6.45, 7) is 17.6. The van der Waals surface area contributed by atoms with Crippen LogP contribution in [-0.2, 0) is 18.6 Å². The number of ether oxygens (including phenoxy) is 3. The van der Waals surface area contributed by atoms with E-state index in [1.807, 2.05) is 6.92 Å². The monoisotopic (exact) mass is 328 g/mol. The van der Waals surface area contributed by atoms with E-state index in [9.17, 15) is 0 Å². The number of hydrogen-bond acceptors (Lipinski definition) is 4. The van der Waals surface area contributed by atoms with Crippen molar-refractivity contribution < 1.29 is 18.6 Å². The first-order valence-corrected chi connectivity index (χ1v) is 10.5. The topological polar surface area (TPSA) is 36.9 Å². The molecule has 0 aliphatic heterocycles. The van der Waals surface area contributed by atoms with E-state index in [-0.39, 0.29) is 0 Å². The van der Waals surface area contributed by atoms with E-state index in [2.05, 4.69) is 19.7 Å². The normalized spacial score (nSPS) is 11.3. The second-order valence-electron chi connectivity index (χ2n) is 4.96. The van der Waals surface area contributed by atoms with Gasteiger partial charge < -0.3 is 18.6 Å². The van der Waals surface area contributed by atoms with Gasteiger partial charge >= 0.3 is 0 Å². The van der Waals surface area contributed by atoms with Gasteiger partial charge in [-0.2, -0.15) is 0 Å². The van der Waals surface area contributed by atoms with E-state index in [1.54, 1.807) is 18.2 Å². The van der Waals surface area contributed by atoms with Gasteiger partial charge in [-0.15, -0.1) is 19.7 Å². The van der Waals surface area contributed by atoms with Crippen molar-refractivity contribution in [2.24, 2.45) is 0 Å². The van der Waals surface area contributed by atoms with Crippen molar-refractivity contribution in [3.63, 3.8) is 0 Å². The highest BCUT2D eigenvalue weighted by Gasteiger charge is 2.34. The molecule has 5 heteroatoms. The molecular weight excluding hydrogens is 296 g/mol. The highest BCUT2D eigenvalue weighted by Crippen LogP contribution is 2.23. The van der Waals surface area contributed by atoms with E-state index in [1.165, 1.54) is 0 Å². The maximum atomic E-state index is 6.19. The molecule has 0 aliphatic carbocycles. The third-order valence-electron chi connectivity index (χ3n) is 3.26. The molecule has 0 unspecified atom stereocenters. The molecule has 0 heterocycles. The van der Waals surface area contributed by atoms with Crippen LogP contribution in [0.2, 0.25) is 18.1 Å². The summed E-state index contributed by atoms with van der Waals surface area (Å²) in [5, 5.41) is 0. The van der Waals surface area contributed by atoms with E-state index in [0.717, 1.165) is 24.7 Å². The molecule has 0 N–H and O–H groups in total. The molecule has 0 aromatic heterocycles. The summed E-state index contributed by atoms with van der Waals surface area (Å²) in [4.78, 5) is 0. The molecule has 0 aromatic rings. The van der Waals surface area contributed by atoms with E-state index < -0.39 is 8.32 Å². The molecule has 0 atom stereocenters. The largest absolute Gasteiger partial charge is 0.417 e. The average Bonchev–Trinajstić information content (AvgIpc) is 2.53. The summed E-state index contributed by atoms with van der Waals surface area (Å²) < 4.78 is 22.9. The Morgan fingerprint density at radius 1 is 0.727 bits per heavy atom. The SMILES string of the molecule is C=CCOCC[Si](CCOCC=C)(CCOCC=C)OCC. The minimum atomic E-state index is -1.92. The van der Waals surface area contributed by atoms with Crippen LogP contribution in [0.1, 0.15) is 6.92 Å². The fourth-order valence-corrected chi connectivity index (χ4v) is 5.52. The molecule has 0 saturated carbocycles. The standard InChI is InChI=1S/C17H32O4Si/c1-5-9-18-12-15-22(21-8-4,16-13-19-10-6-2)17-14-20-11-7-3/h5-7H,1-3,8-17H2,4H3. The maximum Gasteiger partial charge on any atom is 0.199 e. The summed E-state index contributed by atoms with van der Waals surface area (Å²) in [6, 6.07) is 2.84. The molecule has 0 aliphatic rings. The van der Waals surface area contributed by atoms with Crippen LogP contribution in [0.5, 0.6) is 0 Å². The van der Waals surface area contributed by atoms with Gasteiger partial charge in [0.2, 0.25) is 0 Å². The molecule has 0 spiro atoms. The molecule has 0 bridgehead atoms. The van der Waals surface area contributed by atoms with Crippen LogP contribution in [0.3, 0.4) is 0 Å². The fraction of sp³-hybridized carbons (Fsp3) is 0.647. The maximum absolute atomic E-state index is 6.19. The van der Waals surface area contributed by atoms with Crippen molar-refractivity contribution >= 4 is 8.32 Å². The van der Waals surface area contributed by atoms with E-state index in [4.69, 9.17) is 18.6 Å². The first kappa shape index (κ1) is 21.3. The summed E-state index contributed by atoms with van der Waals surface area (Å²) in [7, 11) is -1.92. The Bertz CT molecular complexity index is 254. The smallest absolute Gasteiger partial charge is 0.199 e. The van der Waals surface area contributed by atoms with Crippen LogP contribution >= 0.6 is 0 Å². The zero-order valence-corrected chi connectivity index (χ0v) is 15.1. The Balaban J connectivity index is 4.48. The molecule has 22 heavy (non-hydrogen) atoms. The minimum absolute atomic E-state index is 0.580. The van der Waals surface area contributed by atoms with Crippen LogP contribution in [0.15, 0.2) is 38.0 Å². The lowest BCUT2D eigenvalue weighted by molar-refractivity contribution is 0.152. The van der Waals surface area contributed by atoms with Gasteiger partial charge in [-0.1, -0.05) is 18.2 Å². The molecule has 128 valence electrons. The minimum Gasteiger partial charge on any atom is -0.417 e. The second-order valence-corrected chi connectivity index (χ2v) is 9.11. The third-order valence-corrected chi connectivity index (χ3v) is 7.51. The van der Waals surface area contributed by atoms with E-state index in [0.29, 0.717) is 39.6 Å². The average molecular weight is 329 g/mol. The number of rotatable bonds is 17. The second kappa shape index (κ2) is 15.2. The zero-order valence-electron chi connectivity index (χ0n) is 14.1. The Morgan fingerprint density at radius 3 is 1.36 bits per heavy atom. The molecule has 0 amide bonds. The lowest BCUT2D eigenvalue weighted by Gasteiger charge is -2.31. The Hall–Kier alpha value is -0.723. The highest BCUT2D eigenvalue weighted by atomic mass is 28.4. The summed E-state index contributed by atoms with van der Waals surface area (Å²) in [5.41, 5.74) is 0. The van der Waals surface area contributed by atoms with E-state index >= 15 is 0 Å². The van der Waals surface area contributed by atoms with Crippen molar-refractivity contribution in [3.8, 4) is 0 Å². The van der Waals surface area contributed by atoms with Gasteiger partial charge in [0.05, 0.1) is 19.8 Å². The van der Waals surface area contributed by atoms with Gasteiger partial charge in [0, 0.05) is 26.4 Å². The van der Waals surface area contributed by atoms with Crippen LogP contribution in [-0.4, -0.2) is 54.6 Å². The first-order valence-electron chi connectivity index (χ1n) is 7.94. The quantitative estimate of drug-likeness (QED) is 0.232. The summed E-state index contributed by atoms with van der Waals surface area (Å²) in [6.07, 6.45) is 5.30. The zero-order chi connectivity index (χ0) is 16.5. The Labute approximate surface area is 136 Å². The van der Waals surface area contributed by atoms with Crippen molar-refractivity contribution in [1.82, 2.24) is 0 Å². The predicted octanol–water partition coefficient (Wildman–Crippen LogP) is 3.58. The summed E-state index contributed by atoms with van der Waals surface area (Å²) >= 11 is 0. The predicted molar refractivity (Wildman–Crippen MR) is 94.8 cm³/mol. The van der Waals surface area contributed by atoms with Gasteiger partial charge in [-0.25, -0.2) is 0 Å². The molecule has 0 aromatic carbocycles. The molecule has 0 saturated heterocycles. The van der Waals surface area contributed by atoms with Crippen molar-refractivity contribution in [1.29, 1.82) is 0 Å². The molecule has 0 fully saturated rings. The van der Waals surface area contributed by atoms with Crippen LogP contribution in [0.4, 0.5) is 0 Å². The number of hydrogen-bond donors (Lipinski definition) is 0. The van der Waals surface area contributed by atoms with Gasteiger partial charge in [-0.05, 0) is 25.1 Å². The van der Waals surface area contributed by atoms with Gasteiger partial charge in [0.25, 0.3) is 0 Å². The first-order chi connectivity index (χ1) is 10.7.